The van der Waals surface area contributed by atoms with Crippen LogP contribution in [-0.2, 0) is 14.8 Å². The van der Waals surface area contributed by atoms with Crippen LogP contribution in [0.5, 0.6) is 0 Å². The molecule has 1 aliphatic heterocycles. The van der Waals surface area contributed by atoms with Crippen molar-refractivity contribution in [1.82, 2.24) is 9.62 Å². The smallest absolute Gasteiger partial charge is 0.213 e. The van der Waals surface area contributed by atoms with Gasteiger partial charge >= 0.3 is 0 Å². The van der Waals surface area contributed by atoms with Crippen LogP contribution in [0.3, 0.4) is 0 Å². The van der Waals surface area contributed by atoms with Crippen LogP contribution in [0, 0.1) is 0 Å². The Morgan fingerprint density at radius 1 is 1.39 bits per heavy atom. The van der Waals surface area contributed by atoms with Crippen molar-refractivity contribution in [3.05, 3.63) is 0 Å². The van der Waals surface area contributed by atoms with Gasteiger partial charge in [0.2, 0.25) is 10.0 Å². The van der Waals surface area contributed by atoms with Gasteiger partial charge in [-0.05, 0) is 32.2 Å². The molecular formula is C12H26N2O3S. The van der Waals surface area contributed by atoms with E-state index in [1.165, 1.54) is 17.1 Å². The molecule has 1 fully saturated rings. The Kier molecular flexibility index (Phi) is 7.14. The quantitative estimate of drug-likeness (QED) is 0.668. The number of hydrogen-bond donors (Lipinski definition) is 1. The first-order valence-corrected chi connectivity index (χ1v) is 8.33. The van der Waals surface area contributed by atoms with E-state index in [0.717, 1.165) is 19.4 Å². The van der Waals surface area contributed by atoms with Gasteiger partial charge in [-0.15, -0.1) is 0 Å². The lowest BCUT2D eigenvalue weighted by Gasteiger charge is -2.25. The molecule has 0 spiro atoms. The average Bonchev–Trinajstić information content (AvgIpc) is 2.37. The fourth-order valence-electron chi connectivity index (χ4n) is 2.19. The van der Waals surface area contributed by atoms with Gasteiger partial charge < -0.3 is 10.1 Å². The fraction of sp³-hybridized carbons (Fsp3) is 1.00. The second-order valence-electron chi connectivity index (χ2n) is 4.92. The summed E-state index contributed by atoms with van der Waals surface area (Å²) >= 11 is 0. The highest BCUT2D eigenvalue weighted by atomic mass is 32.2. The van der Waals surface area contributed by atoms with Gasteiger partial charge in [-0.25, -0.2) is 12.7 Å². The molecule has 18 heavy (non-hydrogen) atoms. The normalized spacial score (nSPS) is 21.4. The highest BCUT2D eigenvalue weighted by molar-refractivity contribution is 7.89. The SMILES string of the molecule is COCCCS(=O)(=O)N(C)CCC1CCCCN1. The van der Waals surface area contributed by atoms with Crippen LogP contribution in [0.15, 0.2) is 0 Å². The fourth-order valence-corrected chi connectivity index (χ4v) is 3.37. The lowest BCUT2D eigenvalue weighted by Crippen LogP contribution is -2.38. The summed E-state index contributed by atoms with van der Waals surface area (Å²) in [4.78, 5) is 0. The van der Waals surface area contributed by atoms with Gasteiger partial charge in [-0.1, -0.05) is 6.42 Å². The van der Waals surface area contributed by atoms with Crippen molar-refractivity contribution < 1.29 is 13.2 Å². The zero-order valence-corrected chi connectivity index (χ0v) is 12.3. The maximum Gasteiger partial charge on any atom is 0.213 e. The Morgan fingerprint density at radius 2 is 2.17 bits per heavy atom. The Balaban J connectivity index is 2.27. The zero-order valence-electron chi connectivity index (χ0n) is 11.5. The number of nitrogens with one attached hydrogen (secondary N) is 1. The van der Waals surface area contributed by atoms with E-state index in [-0.39, 0.29) is 5.75 Å². The van der Waals surface area contributed by atoms with Crippen molar-refractivity contribution in [2.45, 2.75) is 38.1 Å². The summed E-state index contributed by atoms with van der Waals surface area (Å²) in [6.07, 6.45) is 5.12. The molecule has 1 N–H and O–H groups in total. The lowest BCUT2D eigenvalue weighted by molar-refractivity contribution is 0.199. The summed E-state index contributed by atoms with van der Waals surface area (Å²) in [6.45, 7) is 2.17. The Morgan fingerprint density at radius 3 is 2.78 bits per heavy atom. The number of ether oxygens (including phenoxy) is 1. The van der Waals surface area contributed by atoms with Crippen molar-refractivity contribution in [3.63, 3.8) is 0 Å². The van der Waals surface area contributed by atoms with E-state index in [9.17, 15) is 8.42 Å². The molecule has 1 heterocycles. The van der Waals surface area contributed by atoms with Crippen molar-refractivity contribution in [2.75, 3.05) is 39.6 Å². The van der Waals surface area contributed by atoms with E-state index in [2.05, 4.69) is 5.32 Å². The molecule has 0 radical (unpaired) electrons. The molecule has 6 heteroatoms. The van der Waals surface area contributed by atoms with Crippen molar-refractivity contribution in [2.24, 2.45) is 0 Å². The number of methoxy groups -OCH3 is 1. The van der Waals surface area contributed by atoms with E-state index in [1.807, 2.05) is 0 Å². The van der Waals surface area contributed by atoms with E-state index in [4.69, 9.17) is 4.74 Å². The van der Waals surface area contributed by atoms with E-state index in [1.54, 1.807) is 14.2 Å². The molecule has 0 bridgehead atoms. The summed E-state index contributed by atoms with van der Waals surface area (Å²) in [5.74, 6) is 0.176. The maximum absolute atomic E-state index is 11.9. The van der Waals surface area contributed by atoms with Crippen LogP contribution in [0.25, 0.3) is 0 Å². The third-order valence-corrected chi connectivity index (χ3v) is 5.37. The van der Waals surface area contributed by atoms with Crippen LogP contribution in [0.2, 0.25) is 0 Å². The standard InChI is InChI=1S/C12H26N2O3S/c1-14(18(15,16)11-5-10-17-2)9-7-12-6-3-4-8-13-12/h12-13H,3-11H2,1-2H3. The Labute approximate surface area is 111 Å². The third-order valence-electron chi connectivity index (χ3n) is 3.43. The summed E-state index contributed by atoms with van der Waals surface area (Å²) < 4.78 is 30.2. The van der Waals surface area contributed by atoms with Crippen LogP contribution >= 0.6 is 0 Å². The van der Waals surface area contributed by atoms with Crippen LogP contribution in [0.1, 0.15) is 32.1 Å². The molecule has 1 unspecified atom stereocenters. The molecule has 1 rings (SSSR count). The number of hydrogen-bond acceptors (Lipinski definition) is 4. The van der Waals surface area contributed by atoms with E-state index in [0.29, 0.717) is 25.6 Å². The molecule has 0 amide bonds. The minimum atomic E-state index is -3.11. The van der Waals surface area contributed by atoms with Gasteiger partial charge in [0.25, 0.3) is 0 Å². The van der Waals surface area contributed by atoms with E-state index >= 15 is 0 Å². The average molecular weight is 278 g/mol. The number of sulfonamides is 1. The summed E-state index contributed by atoms with van der Waals surface area (Å²) in [7, 11) is 0.152. The first kappa shape index (κ1) is 15.9. The maximum atomic E-state index is 11.9. The Bertz CT molecular complexity index is 313. The minimum absolute atomic E-state index is 0.176. The zero-order chi connectivity index (χ0) is 13.4. The third kappa shape index (κ3) is 5.65. The molecule has 0 aromatic rings. The van der Waals surface area contributed by atoms with Gasteiger partial charge in [0, 0.05) is 33.4 Å². The second-order valence-corrected chi connectivity index (χ2v) is 7.11. The number of nitrogens with zero attached hydrogens (tertiary/aromatic N) is 1. The molecule has 0 saturated carbocycles. The first-order valence-electron chi connectivity index (χ1n) is 6.72. The summed E-state index contributed by atoms with van der Waals surface area (Å²) in [5, 5.41) is 3.44. The number of piperidine rings is 1. The van der Waals surface area contributed by atoms with Crippen molar-refractivity contribution in [1.29, 1.82) is 0 Å². The van der Waals surface area contributed by atoms with Crippen molar-refractivity contribution >= 4 is 10.0 Å². The molecule has 1 saturated heterocycles. The van der Waals surface area contributed by atoms with Gasteiger partial charge in [-0.3, -0.25) is 0 Å². The topological polar surface area (TPSA) is 58.6 Å². The van der Waals surface area contributed by atoms with Crippen molar-refractivity contribution in [3.8, 4) is 0 Å². The van der Waals surface area contributed by atoms with Crippen LogP contribution < -0.4 is 5.32 Å². The van der Waals surface area contributed by atoms with Gasteiger partial charge in [0.05, 0.1) is 5.75 Å². The molecule has 108 valence electrons. The van der Waals surface area contributed by atoms with Gasteiger partial charge in [0.15, 0.2) is 0 Å². The summed E-state index contributed by atoms with van der Waals surface area (Å²) in [5.41, 5.74) is 0. The van der Waals surface area contributed by atoms with E-state index < -0.39 is 10.0 Å². The first-order chi connectivity index (χ1) is 8.56. The van der Waals surface area contributed by atoms with Gasteiger partial charge in [0.1, 0.15) is 0 Å². The summed E-state index contributed by atoms with van der Waals surface area (Å²) in [6, 6.07) is 0.482. The molecule has 0 aromatic heterocycles. The predicted octanol–water partition coefficient (Wildman–Crippen LogP) is 0.817. The second kappa shape index (κ2) is 8.09. The molecule has 0 aliphatic carbocycles. The highest BCUT2D eigenvalue weighted by Gasteiger charge is 2.19. The van der Waals surface area contributed by atoms with Crippen LogP contribution in [0.4, 0.5) is 0 Å². The molecule has 5 nitrogen and oxygen atoms in total. The monoisotopic (exact) mass is 278 g/mol. The predicted molar refractivity (Wildman–Crippen MR) is 73.2 cm³/mol. The Hall–Kier alpha value is -0.170. The highest BCUT2D eigenvalue weighted by Crippen LogP contribution is 2.11. The lowest BCUT2D eigenvalue weighted by atomic mass is 10.0. The number of rotatable bonds is 8. The molecule has 1 aliphatic rings. The largest absolute Gasteiger partial charge is 0.385 e. The molecular weight excluding hydrogens is 252 g/mol. The molecule has 1 atom stereocenters. The van der Waals surface area contributed by atoms with Gasteiger partial charge in [-0.2, -0.15) is 0 Å². The minimum Gasteiger partial charge on any atom is -0.385 e. The van der Waals surface area contributed by atoms with Crippen LogP contribution in [-0.4, -0.2) is 58.4 Å². The molecule has 0 aromatic carbocycles.